The third-order valence-electron chi connectivity index (χ3n) is 10.7. The summed E-state index contributed by atoms with van der Waals surface area (Å²) in [7, 11) is 0. The number of rotatable bonds is 6. The van der Waals surface area contributed by atoms with Crippen LogP contribution in [0, 0.1) is 0 Å². The summed E-state index contributed by atoms with van der Waals surface area (Å²) in [4.78, 5) is 15.3. The van der Waals surface area contributed by atoms with Gasteiger partial charge < -0.3 is 8.98 Å². The monoisotopic (exact) mass is 716 g/mol. The molecule has 3 heterocycles. The van der Waals surface area contributed by atoms with Crippen LogP contribution in [0.1, 0.15) is 0 Å². The summed E-state index contributed by atoms with van der Waals surface area (Å²) in [5.41, 5.74) is 12.1. The van der Waals surface area contributed by atoms with E-state index in [0.717, 1.165) is 72.1 Å². The topological polar surface area (TPSA) is 56.7 Å². The number of aromatic nitrogens is 4. The SMILES string of the molecule is c1ccc(-c2ccc(-c3ccc4c(c3)oc3cc5c(cc34)c3ccccc3n5-c3ccccc3)c(-c3nc(-c4ccccc4)nc(-c4ccccc4)n3)c2)cc1. The Balaban J connectivity index is 1.12. The highest BCUT2D eigenvalue weighted by Crippen LogP contribution is 2.41. The summed E-state index contributed by atoms with van der Waals surface area (Å²) in [5.74, 6) is 1.85. The highest BCUT2D eigenvalue weighted by atomic mass is 16.3. The highest BCUT2D eigenvalue weighted by Gasteiger charge is 2.20. The smallest absolute Gasteiger partial charge is 0.164 e. The van der Waals surface area contributed by atoms with Crippen LogP contribution in [0.2, 0.25) is 0 Å². The molecule has 0 fully saturated rings. The molecule has 0 spiro atoms. The molecule has 0 aliphatic rings. The van der Waals surface area contributed by atoms with Crippen molar-refractivity contribution in [2.24, 2.45) is 0 Å². The summed E-state index contributed by atoms with van der Waals surface area (Å²) >= 11 is 0. The maximum Gasteiger partial charge on any atom is 0.164 e. The van der Waals surface area contributed by atoms with Gasteiger partial charge in [0.25, 0.3) is 0 Å². The minimum absolute atomic E-state index is 0.603. The van der Waals surface area contributed by atoms with Crippen LogP contribution in [-0.4, -0.2) is 19.5 Å². The molecule has 0 saturated heterocycles. The number of fused-ring (bicyclic) bond motifs is 6. The Morgan fingerprint density at radius 2 is 0.893 bits per heavy atom. The second-order valence-electron chi connectivity index (χ2n) is 14.0. The molecule has 0 aliphatic heterocycles. The van der Waals surface area contributed by atoms with Gasteiger partial charge >= 0.3 is 0 Å². The molecule has 0 N–H and O–H groups in total. The molecule has 3 aromatic heterocycles. The van der Waals surface area contributed by atoms with Crippen molar-refractivity contribution in [2.45, 2.75) is 0 Å². The van der Waals surface area contributed by atoms with E-state index in [0.29, 0.717) is 17.5 Å². The van der Waals surface area contributed by atoms with Crippen LogP contribution in [0.4, 0.5) is 0 Å². The minimum atomic E-state index is 0.603. The number of benzene rings is 8. The molecule has 11 aromatic rings. The van der Waals surface area contributed by atoms with Crippen LogP contribution in [0.25, 0.3) is 106 Å². The van der Waals surface area contributed by atoms with E-state index in [1.165, 1.54) is 16.3 Å². The molecule has 0 bridgehead atoms. The quantitative estimate of drug-likeness (QED) is 0.172. The lowest BCUT2D eigenvalue weighted by Gasteiger charge is -2.14. The molecule has 0 saturated carbocycles. The Kier molecular flexibility index (Phi) is 7.42. The first-order chi connectivity index (χ1) is 27.7. The molecule has 0 amide bonds. The van der Waals surface area contributed by atoms with Crippen LogP contribution in [-0.2, 0) is 0 Å². The summed E-state index contributed by atoms with van der Waals surface area (Å²) in [6, 6.07) is 67.3. The number of hydrogen-bond acceptors (Lipinski definition) is 4. The van der Waals surface area contributed by atoms with Crippen molar-refractivity contribution in [3.05, 3.63) is 194 Å². The van der Waals surface area contributed by atoms with Crippen molar-refractivity contribution in [3.8, 4) is 62.1 Å². The molecule has 5 heteroatoms. The fourth-order valence-electron chi connectivity index (χ4n) is 7.98. The normalized spacial score (nSPS) is 11.6. The molecular weight excluding hydrogens is 685 g/mol. The van der Waals surface area contributed by atoms with E-state index in [-0.39, 0.29) is 0 Å². The highest BCUT2D eigenvalue weighted by molar-refractivity contribution is 6.17. The van der Waals surface area contributed by atoms with E-state index < -0.39 is 0 Å². The van der Waals surface area contributed by atoms with E-state index in [1.807, 2.05) is 66.7 Å². The number of nitrogens with zero attached hydrogens (tertiary/aromatic N) is 4. The second kappa shape index (κ2) is 13.0. The Hall–Kier alpha value is -7.63. The standard InChI is InChI=1S/C51H32N4O/c1-5-15-33(16-6-1)36-25-27-39(44(29-36)51-53-49(34-17-7-2-8-18-34)52-50(54-51)35-19-9-3-10-20-35)37-26-28-41-43-31-42-40-23-13-14-24-45(40)55(38-21-11-4-12-22-38)46(42)32-48(43)56-47(41)30-37/h1-32H. The van der Waals surface area contributed by atoms with Crippen LogP contribution < -0.4 is 0 Å². The molecule has 0 atom stereocenters. The number of hydrogen-bond donors (Lipinski definition) is 0. The predicted molar refractivity (Wildman–Crippen MR) is 229 cm³/mol. The van der Waals surface area contributed by atoms with Gasteiger partial charge in [-0.25, -0.2) is 15.0 Å². The van der Waals surface area contributed by atoms with Crippen LogP contribution in [0.3, 0.4) is 0 Å². The van der Waals surface area contributed by atoms with Crippen molar-refractivity contribution in [2.75, 3.05) is 0 Å². The summed E-state index contributed by atoms with van der Waals surface area (Å²) in [6.07, 6.45) is 0. The van der Waals surface area contributed by atoms with Gasteiger partial charge in [-0.05, 0) is 64.7 Å². The largest absolute Gasteiger partial charge is 0.456 e. The first-order valence-corrected chi connectivity index (χ1v) is 18.8. The number of furan rings is 1. The van der Waals surface area contributed by atoms with Gasteiger partial charge in [-0.3, -0.25) is 0 Å². The fraction of sp³-hybridized carbons (Fsp3) is 0. The lowest BCUT2D eigenvalue weighted by molar-refractivity contribution is 0.669. The summed E-state index contributed by atoms with van der Waals surface area (Å²) in [6.45, 7) is 0. The number of para-hydroxylation sites is 2. The zero-order valence-corrected chi connectivity index (χ0v) is 30.2. The first kappa shape index (κ1) is 31.9. The molecule has 0 radical (unpaired) electrons. The van der Waals surface area contributed by atoms with Crippen molar-refractivity contribution < 1.29 is 4.42 Å². The first-order valence-electron chi connectivity index (χ1n) is 18.8. The zero-order valence-electron chi connectivity index (χ0n) is 30.2. The molecule has 56 heavy (non-hydrogen) atoms. The molecule has 5 nitrogen and oxygen atoms in total. The Labute approximate surface area is 322 Å². The Morgan fingerprint density at radius 1 is 0.321 bits per heavy atom. The second-order valence-corrected chi connectivity index (χ2v) is 14.0. The third kappa shape index (κ3) is 5.37. The average Bonchev–Trinajstić information content (AvgIpc) is 3.80. The maximum absolute atomic E-state index is 6.75. The third-order valence-corrected chi connectivity index (χ3v) is 10.7. The Bertz CT molecular complexity index is 3170. The molecule has 0 unspecified atom stereocenters. The zero-order chi connectivity index (χ0) is 37.0. The van der Waals surface area contributed by atoms with Gasteiger partial charge in [-0.1, -0.05) is 146 Å². The minimum Gasteiger partial charge on any atom is -0.456 e. The molecular formula is C51H32N4O. The maximum atomic E-state index is 6.75. The van der Waals surface area contributed by atoms with Crippen molar-refractivity contribution in [3.63, 3.8) is 0 Å². The van der Waals surface area contributed by atoms with E-state index in [2.05, 4.69) is 132 Å². The van der Waals surface area contributed by atoms with Crippen molar-refractivity contribution in [1.29, 1.82) is 0 Å². The van der Waals surface area contributed by atoms with E-state index in [4.69, 9.17) is 19.4 Å². The van der Waals surface area contributed by atoms with Gasteiger partial charge in [-0.2, -0.15) is 0 Å². The fourth-order valence-corrected chi connectivity index (χ4v) is 7.98. The molecule has 11 rings (SSSR count). The molecule has 262 valence electrons. The van der Waals surface area contributed by atoms with Crippen LogP contribution in [0.15, 0.2) is 199 Å². The van der Waals surface area contributed by atoms with Gasteiger partial charge in [0, 0.05) is 50.0 Å². The lowest BCUT2D eigenvalue weighted by atomic mass is 9.93. The summed E-state index contributed by atoms with van der Waals surface area (Å²) in [5, 5.41) is 4.57. The average molecular weight is 717 g/mol. The van der Waals surface area contributed by atoms with E-state index in [9.17, 15) is 0 Å². The van der Waals surface area contributed by atoms with Gasteiger partial charge in [0.05, 0.1) is 11.0 Å². The van der Waals surface area contributed by atoms with Gasteiger partial charge in [0.2, 0.25) is 0 Å². The van der Waals surface area contributed by atoms with Crippen molar-refractivity contribution >= 4 is 43.7 Å². The van der Waals surface area contributed by atoms with Gasteiger partial charge in [-0.15, -0.1) is 0 Å². The van der Waals surface area contributed by atoms with E-state index in [1.54, 1.807) is 0 Å². The summed E-state index contributed by atoms with van der Waals surface area (Å²) < 4.78 is 9.07. The molecule has 0 aliphatic carbocycles. The van der Waals surface area contributed by atoms with Crippen LogP contribution in [0.5, 0.6) is 0 Å². The molecule has 8 aromatic carbocycles. The Morgan fingerprint density at radius 3 is 1.59 bits per heavy atom. The van der Waals surface area contributed by atoms with Crippen molar-refractivity contribution in [1.82, 2.24) is 19.5 Å². The van der Waals surface area contributed by atoms with E-state index >= 15 is 0 Å². The van der Waals surface area contributed by atoms with Gasteiger partial charge in [0.15, 0.2) is 17.5 Å². The van der Waals surface area contributed by atoms with Crippen LogP contribution >= 0.6 is 0 Å². The van der Waals surface area contributed by atoms with Gasteiger partial charge in [0.1, 0.15) is 11.2 Å². The lowest BCUT2D eigenvalue weighted by Crippen LogP contribution is -2.01. The predicted octanol–water partition coefficient (Wildman–Crippen LogP) is 13.2.